The molecule has 0 spiro atoms. The molecule has 0 saturated carbocycles. The van der Waals surface area contributed by atoms with Crippen molar-refractivity contribution < 1.29 is 4.79 Å². The second-order valence-corrected chi connectivity index (χ2v) is 4.83. The topological polar surface area (TPSA) is 20.3 Å². The van der Waals surface area contributed by atoms with Crippen LogP contribution < -0.4 is 0 Å². The van der Waals surface area contributed by atoms with E-state index in [2.05, 4.69) is 20.8 Å². The number of Topliss-reactive ketones (excluding diaryl/α,β-unsaturated/α-hetero) is 1. The zero-order valence-electron chi connectivity index (χ0n) is 8.74. The van der Waals surface area contributed by atoms with Gasteiger partial charge in [-0.2, -0.15) is 0 Å². The maximum Gasteiger partial charge on any atom is 0.154 e. The highest BCUT2D eigenvalue weighted by Gasteiger charge is 2.29. The van der Waals surface area contributed by atoms with Gasteiger partial charge in [0.1, 0.15) is 0 Å². The number of likely N-dealkylation sites (N-methyl/N-ethyl adjacent to an activating group) is 1. The van der Waals surface area contributed by atoms with Gasteiger partial charge in [0.15, 0.2) is 5.78 Å². The molecule has 0 bridgehead atoms. The van der Waals surface area contributed by atoms with Crippen molar-refractivity contribution in [2.45, 2.75) is 18.9 Å². The Kier molecular flexibility index (Phi) is 3.22. The third-order valence-electron chi connectivity index (χ3n) is 2.88. The molecule has 1 heterocycles. The molecule has 0 aromatic heterocycles. The van der Waals surface area contributed by atoms with Crippen LogP contribution in [0.1, 0.15) is 24.4 Å². The first-order valence-corrected chi connectivity index (χ1v) is 5.97. The average Bonchev–Trinajstić information content (AvgIpc) is 2.20. The summed E-state index contributed by atoms with van der Waals surface area (Å²) < 4.78 is 1.03. The Morgan fingerprint density at radius 1 is 1.40 bits per heavy atom. The monoisotopic (exact) mass is 267 g/mol. The summed E-state index contributed by atoms with van der Waals surface area (Å²) in [5, 5.41) is 0. The second kappa shape index (κ2) is 4.45. The Morgan fingerprint density at radius 2 is 2.13 bits per heavy atom. The lowest BCUT2D eigenvalue weighted by Crippen LogP contribution is -2.36. The molecule has 1 aliphatic heterocycles. The van der Waals surface area contributed by atoms with Gasteiger partial charge in [0.25, 0.3) is 0 Å². The summed E-state index contributed by atoms with van der Waals surface area (Å²) in [6.45, 7) is 0.998. The molecule has 1 fully saturated rings. The van der Waals surface area contributed by atoms with Gasteiger partial charge in [-0.25, -0.2) is 0 Å². The van der Waals surface area contributed by atoms with Crippen LogP contribution in [-0.4, -0.2) is 24.3 Å². The Hall–Kier alpha value is -0.670. The first-order valence-electron chi connectivity index (χ1n) is 5.17. The van der Waals surface area contributed by atoms with Crippen molar-refractivity contribution in [3.05, 3.63) is 34.3 Å². The van der Waals surface area contributed by atoms with Gasteiger partial charge in [-0.15, -0.1) is 0 Å². The molecule has 15 heavy (non-hydrogen) atoms. The number of piperidine rings is 1. The van der Waals surface area contributed by atoms with E-state index < -0.39 is 0 Å². The lowest BCUT2D eigenvalue weighted by Gasteiger charge is -2.31. The summed E-state index contributed by atoms with van der Waals surface area (Å²) in [6, 6.07) is 7.91. The molecule has 2 nitrogen and oxygen atoms in total. The zero-order chi connectivity index (χ0) is 10.8. The normalized spacial score (nSPS) is 23.1. The number of ketones is 1. The smallest absolute Gasteiger partial charge is 0.154 e. The van der Waals surface area contributed by atoms with Crippen molar-refractivity contribution in [3.8, 4) is 0 Å². The number of rotatable bonds is 1. The lowest BCUT2D eigenvalue weighted by molar-refractivity contribution is -0.126. The SMILES string of the molecule is CN1CCCC(=O)C1c1ccccc1Br. The van der Waals surface area contributed by atoms with Crippen LogP contribution in [0, 0.1) is 0 Å². The Bertz CT molecular complexity index is 378. The fourth-order valence-corrected chi connectivity index (χ4v) is 2.62. The molecule has 1 aromatic carbocycles. The van der Waals surface area contributed by atoms with Crippen molar-refractivity contribution in [1.29, 1.82) is 0 Å². The Balaban J connectivity index is 2.36. The number of likely N-dealkylation sites (tertiary alicyclic amines) is 1. The zero-order valence-corrected chi connectivity index (χ0v) is 10.3. The van der Waals surface area contributed by atoms with Crippen molar-refractivity contribution in [2.24, 2.45) is 0 Å². The van der Waals surface area contributed by atoms with Crippen LogP contribution in [0.15, 0.2) is 28.7 Å². The van der Waals surface area contributed by atoms with E-state index >= 15 is 0 Å². The standard InChI is InChI=1S/C12H14BrNO/c1-14-8-4-7-11(15)12(14)9-5-2-3-6-10(9)13/h2-3,5-6,12H,4,7-8H2,1H3. The first kappa shape index (κ1) is 10.8. The van der Waals surface area contributed by atoms with Crippen molar-refractivity contribution in [2.75, 3.05) is 13.6 Å². The molecule has 1 saturated heterocycles. The molecular weight excluding hydrogens is 254 g/mol. The van der Waals surface area contributed by atoms with Gasteiger partial charge in [0, 0.05) is 10.9 Å². The van der Waals surface area contributed by atoms with E-state index in [0.717, 1.165) is 23.0 Å². The van der Waals surface area contributed by atoms with Crippen molar-refractivity contribution >= 4 is 21.7 Å². The molecule has 1 aliphatic rings. The number of halogens is 1. The van der Waals surface area contributed by atoms with Crippen LogP contribution in [-0.2, 0) is 4.79 Å². The number of carbonyl (C=O) groups excluding carboxylic acids is 1. The Labute approximate surface area is 98.4 Å². The van der Waals surface area contributed by atoms with E-state index in [-0.39, 0.29) is 6.04 Å². The molecular formula is C12H14BrNO. The van der Waals surface area contributed by atoms with Crippen molar-refractivity contribution in [3.63, 3.8) is 0 Å². The summed E-state index contributed by atoms with van der Waals surface area (Å²) >= 11 is 3.51. The van der Waals surface area contributed by atoms with Gasteiger partial charge in [0.2, 0.25) is 0 Å². The molecule has 1 aromatic rings. The van der Waals surface area contributed by atoms with Crippen LogP contribution in [0.5, 0.6) is 0 Å². The minimum atomic E-state index is -0.0608. The number of carbonyl (C=O) groups is 1. The van der Waals surface area contributed by atoms with Gasteiger partial charge in [-0.1, -0.05) is 34.1 Å². The molecule has 2 rings (SSSR count). The van der Waals surface area contributed by atoms with Crippen LogP contribution >= 0.6 is 15.9 Å². The van der Waals surface area contributed by atoms with Gasteiger partial charge in [-0.3, -0.25) is 9.69 Å². The Morgan fingerprint density at radius 3 is 2.80 bits per heavy atom. The number of benzene rings is 1. The number of hydrogen-bond acceptors (Lipinski definition) is 2. The molecule has 1 atom stereocenters. The van der Waals surface area contributed by atoms with E-state index in [1.54, 1.807) is 0 Å². The molecule has 3 heteroatoms. The molecule has 80 valence electrons. The second-order valence-electron chi connectivity index (χ2n) is 3.97. The number of nitrogens with zero attached hydrogens (tertiary/aromatic N) is 1. The summed E-state index contributed by atoms with van der Waals surface area (Å²) in [5.41, 5.74) is 1.09. The van der Waals surface area contributed by atoms with Gasteiger partial charge in [-0.05, 0) is 31.6 Å². The highest BCUT2D eigenvalue weighted by atomic mass is 79.9. The highest BCUT2D eigenvalue weighted by molar-refractivity contribution is 9.10. The average molecular weight is 268 g/mol. The fourth-order valence-electron chi connectivity index (χ4n) is 2.12. The predicted octanol–water partition coefficient (Wildman–Crippen LogP) is 2.78. The summed E-state index contributed by atoms with van der Waals surface area (Å²) in [5.74, 6) is 0.329. The highest BCUT2D eigenvalue weighted by Crippen LogP contribution is 2.31. The van der Waals surface area contributed by atoms with Crippen LogP contribution in [0.25, 0.3) is 0 Å². The molecule has 1 unspecified atom stereocenters. The largest absolute Gasteiger partial charge is 0.298 e. The van der Waals surface area contributed by atoms with E-state index in [4.69, 9.17) is 0 Å². The van der Waals surface area contributed by atoms with Crippen LogP contribution in [0.3, 0.4) is 0 Å². The van der Waals surface area contributed by atoms with E-state index in [9.17, 15) is 4.79 Å². The third-order valence-corrected chi connectivity index (χ3v) is 3.60. The molecule has 0 N–H and O–H groups in total. The minimum absolute atomic E-state index is 0.0608. The maximum atomic E-state index is 11.9. The van der Waals surface area contributed by atoms with Gasteiger partial charge < -0.3 is 0 Å². The quantitative estimate of drug-likeness (QED) is 0.780. The van der Waals surface area contributed by atoms with Crippen molar-refractivity contribution in [1.82, 2.24) is 4.90 Å². The number of hydrogen-bond donors (Lipinski definition) is 0. The van der Waals surface area contributed by atoms with E-state index in [1.165, 1.54) is 0 Å². The predicted molar refractivity (Wildman–Crippen MR) is 63.8 cm³/mol. The summed E-state index contributed by atoms with van der Waals surface area (Å²) in [7, 11) is 2.02. The fraction of sp³-hybridized carbons (Fsp3) is 0.417. The van der Waals surface area contributed by atoms with E-state index in [0.29, 0.717) is 12.2 Å². The van der Waals surface area contributed by atoms with E-state index in [1.807, 2.05) is 31.3 Å². The summed E-state index contributed by atoms with van der Waals surface area (Å²) in [6.07, 6.45) is 1.69. The maximum absolute atomic E-state index is 11.9. The van der Waals surface area contributed by atoms with Gasteiger partial charge >= 0.3 is 0 Å². The molecule has 0 aliphatic carbocycles. The van der Waals surface area contributed by atoms with Crippen LogP contribution in [0.2, 0.25) is 0 Å². The third kappa shape index (κ3) is 2.13. The van der Waals surface area contributed by atoms with Crippen LogP contribution in [0.4, 0.5) is 0 Å². The van der Waals surface area contributed by atoms with Gasteiger partial charge in [0.05, 0.1) is 6.04 Å². The first-order chi connectivity index (χ1) is 7.20. The molecule has 0 radical (unpaired) electrons. The lowest BCUT2D eigenvalue weighted by atomic mass is 9.95. The minimum Gasteiger partial charge on any atom is -0.298 e. The molecule has 0 amide bonds. The summed E-state index contributed by atoms with van der Waals surface area (Å²) in [4.78, 5) is 14.0.